The summed E-state index contributed by atoms with van der Waals surface area (Å²) in [6.45, 7) is 8.43. The summed E-state index contributed by atoms with van der Waals surface area (Å²) in [7, 11) is 0. The Morgan fingerprint density at radius 3 is 2.24 bits per heavy atom. The van der Waals surface area contributed by atoms with Crippen molar-refractivity contribution in [2.24, 2.45) is 0 Å². The second-order valence-electron chi connectivity index (χ2n) is 6.88. The lowest BCUT2D eigenvalue weighted by molar-refractivity contribution is 0.304. The zero-order chi connectivity index (χ0) is 18.0. The molecule has 0 saturated heterocycles. The standard InChI is InChI=1S/C22H40N2O/c1-3-5-7-9-11-16-23-17-18-24-21-14-13-15-22(20-21)25-19-12-10-8-6-4-2/h13-15,20,23-24H,3-12,16-19H2,1-2H3. The fraction of sp³-hybridized carbons (Fsp3) is 0.727. The first-order chi connectivity index (χ1) is 12.4. The van der Waals surface area contributed by atoms with Crippen molar-refractivity contribution < 1.29 is 4.74 Å². The van der Waals surface area contributed by atoms with E-state index in [0.717, 1.165) is 44.1 Å². The second kappa shape index (κ2) is 16.3. The number of unbranched alkanes of at least 4 members (excludes halogenated alkanes) is 8. The SMILES string of the molecule is CCCCCCCNCCNc1cccc(OCCCCCCC)c1. The van der Waals surface area contributed by atoms with Gasteiger partial charge >= 0.3 is 0 Å². The van der Waals surface area contributed by atoms with Crippen molar-refractivity contribution >= 4 is 5.69 Å². The number of ether oxygens (including phenoxy) is 1. The molecule has 0 fully saturated rings. The summed E-state index contributed by atoms with van der Waals surface area (Å²) < 4.78 is 5.86. The van der Waals surface area contributed by atoms with Gasteiger partial charge in [0.15, 0.2) is 0 Å². The fourth-order valence-corrected chi connectivity index (χ4v) is 2.87. The van der Waals surface area contributed by atoms with Crippen LogP contribution >= 0.6 is 0 Å². The third kappa shape index (κ3) is 12.7. The van der Waals surface area contributed by atoms with Crippen LogP contribution in [0.15, 0.2) is 24.3 Å². The van der Waals surface area contributed by atoms with Crippen molar-refractivity contribution in [3.05, 3.63) is 24.3 Å². The highest BCUT2D eigenvalue weighted by Gasteiger charge is 1.97. The lowest BCUT2D eigenvalue weighted by atomic mass is 10.1. The van der Waals surface area contributed by atoms with Gasteiger partial charge in [-0.2, -0.15) is 0 Å². The Kier molecular flexibility index (Phi) is 14.2. The van der Waals surface area contributed by atoms with Crippen molar-refractivity contribution in [3.8, 4) is 5.75 Å². The number of hydrogen-bond donors (Lipinski definition) is 2. The molecule has 0 aliphatic heterocycles. The molecule has 144 valence electrons. The van der Waals surface area contributed by atoms with Crippen LogP contribution in [0.4, 0.5) is 5.69 Å². The van der Waals surface area contributed by atoms with Crippen LogP contribution in [-0.2, 0) is 0 Å². The van der Waals surface area contributed by atoms with Crippen LogP contribution in [0.25, 0.3) is 0 Å². The molecule has 1 aromatic rings. The molecular weight excluding hydrogens is 308 g/mol. The first-order valence-electron chi connectivity index (χ1n) is 10.5. The summed E-state index contributed by atoms with van der Waals surface area (Å²) in [4.78, 5) is 0. The largest absolute Gasteiger partial charge is 0.494 e. The second-order valence-corrected chi connectivity index (χ2v) is 6.88. The van der Waals surface area contributed by atoms with Crippen LogP contribution in [0.5, 0.6) is 5.75 Å². The number of nitrogens with one attached hydrogen (secondary N) is 2. The van der Waals surface area contributed by atoms with Gasteiger partial charge in [0.05, 0.1) is 6.61 Å². The molecule has 0 aromatic heterocycles. The third-order valence-corrected chi connectivity index (χ3v) is 4.44. The first kappa shape index (κ1) is 21.8. The van der Waals surface area contributed by atoms with Crippen molar-refractivity contribution in [2.45, 2.75) is 78.1 Å². The van der Waals surface area contributed by atoms with E-state index in [4.69, 9.17) is 4.74 Å². The summed E-state index contributed by atoms with van der Waals surface area (Å²) in [5.74, 6) is 0.976. The minimum Gasteiger partial charge on any atom is -0.494 e. The Bertz CT molecular complexity index is 409. The van der Waals surface area contributed by atoms with Crippen LogP contribution < -0.4 is 15.4 Å². The minimum atomic E-state index is 0.826. The van der Waals surface area contributed by atoms with Crippen LogP contribution in [0.1, 0.15) is 78.1 Å². The number of benzene rings is 1. The highest BCUT2D eigenvalue weighted by atomic mass is 16.5. The average molecular weight is 349 g/mol. The highest BCUT2D eigenvalue weighted by Crippen LogP contribution is 2.17. The van der Waals surface area contributed by atoms with Crippen molar-refractivity contribution in [2.75, 3.05) is 31.6 Å². The van der Waals surface area contributed by atoms with E-state index in [2.05, 4.69) is 42.7 Å². The van der Waals surface area contributed by atoms with Gasteiger partial charge in [-0.25, -0.2) is 0 Å². The first-order valence-corrected chi connectivity index (χ1v) is 10.5. The predicted molar refractivity (Wildman–Crippen MR) is 111 cm³/mol. The Morgan fingerprint density at radius 1 is 0.760 bits per heavy atom. The molecule has 1 rings (SSSR count). The lowest BCUT2D eigenvalue weighted by Gasteiger charge is -2.10. The molecule has 2 N–H and O–H groups in total. The smallest absolute Gasteiger partial charge is 0.121 e. The molecule has 0 atom stereocenters. The Labute approximate surface area is 155 Å². The molecule has 0 radical (unpaired) electrons. The topological polar surface area (TPSA) is 33.3 Å². The fourth-order valence-electron chi connectivity index (χ4n) is 2.87. The highest BCUT2D eigenvalue weighted by molar-refractivity contribution is 5.48. The molecule has 3 nitrogen and oxygen atoms in total. The van der Waals surface area contributed by atoms with E-state index in [1.54, 1.807) is 0 Å². The molecule has 0 unspecified atom stereocenters. The van der Waals surface area contributed by atoms with Gasteiger partial charge in [0.1, 0.15) is 5.75 Å². The van der Waals surface area contributed by atoms with Crippen molar-refractivity contribution in [3.63, 3.8) is 0 Å². The minimum absolute atomic E-state index is 0.826. The molecular formula is C22H40N2O. The van der Waals surface area contributed by atoms with Gasteiger partial charge in [0.2, 0.25) is 0 Å². The number of anilines is 1. The van der Waals surface area contributed by atoms with Crippen LogP contribution in [0.3, 0.4) is 0 Å². The van der Waals surface area contributed by atoms with Gasteiger partial charge < -0.3 is 15.4 Å². The quantitative estimate of drug-likeness (QED) is 0.338. The summed E-state index contributed by atoms with van der Waals surface area (Å²) in [6.07, 6.45) is 13.1. The van der Waals surface area contributed by atoms with Gasteiger partial charge in [-0.05, 0) is 31.5 Å². The maximum atomic E-state index is 5.86. The summed E-state index contributed by atoms with van der Waals surface area (Å²) in [5, 5.41) is 6.98. The molecule has 0 bridgehead atoms. The summed E-state index contributed by atoms with van der Waals surface area (Å²) in [5.41, 5.74) is 1.15. The van der Waals surface area contributed by atoms with E-state index in [0.29, 0.717) is 0 Å². The van der Waals surface area contributed by atoms with E-state index < -0.39 is 0 Å². The van der Waals surface area contributed by atoms with Crippen LogP contribution in [-0.4, -0.2) is 26.2 Å². The van der Waals surface area contributed by atoms with Gasteiger partial charge in [0, 0.05) is 24.8 Å². The van der Waals surface area contributed by atoms with Crippen LogP contribution in [0.2, 0.25) is 0 Å². The number of hydrogen-bond acceptors (Lipinski definition) is 3. The van der Waals surface area contributed by atoms with Crippen molar-refractivity contribution in [1.29, 1.82) is 0 Å². The van der Waals surface area contributed by atoms with E-state index in [9.17, 15) is 0 Å². The molecule has 0 heterocycles. The van der Waals surface area contributed by atoms with Crippen LogP contribution in [0, 0.1) is 0 Å². The van der Waals surface area contributed by atoms with Gasteiger partial charge in [-0.15, -0.1) is 0 Å². The third-order valence-electron chi connectivity index (χ3n) is 4.44. The van der Waals surface area contributed by atoms with Crippen molar-refractivity contribution in [1.82, 2.24) is 5.32 Å². The Hall–Kier alpha value is -1.22. The molecule has 0 aliphatic carbocycles. The summed E-state index contributed by atoms with van der Waals surface area (Å²) >= 11 is 0. The molecule has 3 heteroatoms. The Morgan fingerprint density at radius 2 is 1.48 bits per heavy atom. The Balaban J connectivity index is 2.04. The maximum Gasteiger partial charge on any atom is 0.121 e. The van der Waals surface area contributed by atoms with E-state index in [1.807, 2.05) is 6.07 Å². The maximum absolute atomic E-state index is 5.86. The monoisotopic (exact) mass is 348 g/mol. The van der Waals surface area contributed by atoms with Gasteiger partial charge in [-0.1, -0.05) is 71.3 Å². The normalized spacial score (nSPS) is 10.8. The van der Waals surface area contributed by atoms with E-state index in [1.165, 1.54) is 57.8 Å². The molecule has 0 spiro atoms. The summed E-state index contributed by atoms with van der Waals surface area (Å²) in [6, 6.07) is 8.33. The van der Waals surface area contributed by atoms with E-state index >= 15 is 0 Å². The molecule has 0 amide bonds. The zero-order valence-electron chi connectivity index (χ0n) is 16.6. The molecule has 1 aromatic carbocycles. The average Bonchev–Trinajstić information content (AvgIpc) is 2.63. The predicted octanol–water partition coefficient (Wildman–Crippen LogP) is 6.01. The molecule has 0 aliphatic rings. The van der Waals surface area contributed by atoms with Gasteiger partial charge in [0.25, 0.3) is 0 Å². The molecule has 25 heavy (non-hydrogen) atoms. The van der Waals surface area contributed by atoms with E-state index in [-0.39, 0.29) is 0 Å². The zero-order valence-corrected chi connectivity index (χ0v) is 16.6. The molecule has 0 saturated carbocycles. The lowest BCUT2D eigenvalue weighted by Crippen LogP contribution is -2.23. The van der Waals surface area contributed by atoms with Gasteiger partial charge in [-0.3, -0.25) is 0 Å². The number of rotatable bonds is 17.